The third-order valence-corrected chi connectivity index (χ3v) is 5.74. The minimum atomic E-state index is -0.717. The van der Waals surface area contributed by atoms with Crippen molar-refractivity contribution in [2.24, 2.45) is 10.9 Å². The Labute approximate surface area is 179 Å². The molecule has 2 aliphatic rings. The number of nitro benzene ring substituents is 1. The number of benzene rings is 1. The highest BCUT2D eigenvalue weighted by Gasteiger charge is 2.42. The number of rotatable bonds is 4. The topological polar surface area (TPSA) is 115 Å². The minimum Gasteiger partial charge on any atom is -0.310 e. The molecule has 31 heavy (non-hydrogen) atoms. The van der Waals surface area contributed by atoms with Crippen LogP contribution in [0, 0.1) is 23.0 Å². The molecule has 1 aliphatic carbocycles. The number of anilines is 1. The maximum absolute atomic E-state index is 13.3. The number of carbonyl (C=O) groups is 2. The predicted molar refractivity (Wildman–Crippen MR) is 116 cm³/mol. The van der Waals surface area contributed by atoms with Crippen LogP contribution >= 0.6 is 0 Å². The van der Waals surface area contributed by atoms with Gasteiger partial charge in [0.05, 0.1) is 10.8 Å². The number of allylic oxidation sites excluding steroid dienone is 2. The van der Waals surface area contributed by atoms with Crippen molar-refractivity contribution in [2.45, 2.75) is 39.0 Å². The van der Waals surface area contributed by atoms with E-state index in [1.54, 1.807) is 31.3 Å². The third-order valence-electron chi connectivity index (χ3n) is 5.74. The van der Waals surface area contributed by atoms with Crippen molar-refractivity contribution in [1.82, 2.24) is 4.98 Å². The average molecular weight is 418 g/mol. The highest BCUT2D eigenvalue weighted by Crippen LogP contribution is 2.43. The van der Waals surface area contributed by atoms with Gasteiger partial charge in [0.25, 0.3) is 5.69 Å². The van der Waals surface area contributed by atoms with E-state index in [1.165, 1.54) is 12.1 Å². The summed E-state index contributed by atoms with van der Waals surface area (Å²) in [4.78, 5) is 45.7. The number of ketones is 1. The van der Waals surface area contributed by atoms with Crippen molar-refractivity contribution in [1.29, 1.82) is 0 Å². The first-order valence-electron chi connectivity index (χ1n) is 10.1. The largest absolute Gasteiger partial charge is 0.310 e. The quantitative estimate of drug-likeness (QED) is 0.592. The van der Waals surface area contributed by atoms with Crippen molar-refractivity contribution >= 4 is 28.9 Å². The fraction of sp³-hybridized carbons (Fsp3) is 0.304. The number of Topliss-reactive ketones (excluding diaryl/α,β-unsaturated/α-hetero) is 1. The lowest BCUT2D eigenvalue weighted by Gasteiger charge is -2.34. The molecular formula is C23H22N4O4. The van der Waals surface area contributed by atoms with Gasteiger partial charge in [-0.1, -0.05) is 18.2 Å². The molecule has 1 aromatic carbocycles. The number of aliphatic imine (C=N–C) groups is 1. The van der Waals surface area contributed by atoms with E-state index in [0.29, 0.717) is 35.5 Å². The molecule has 8 nitrogen and oxygen atoms in total. The molecule has 0 spiro atoms. The summed E-state index contributed by atoms with van der Waals surface area (Å²) < 4.78 is 0. The van der Waals surface area contributed by atoms with E-state index < -0.39 is 16.8 Å². The number of pyridine rings is 1. The molecule has 8 heteroatoms. The van der Waals surface area contributed by atoms with Crippen LogP contribution in [-0.2, 0) is 9.59 Å². The molecule has 2 atom stereocenters. The molecule has 1 aromatic heterocycles. The van der Waals surface area contributed by atoms with Crippen LogP contribution in [0.5, 0.6) is 0 Å². The Kier molecular flexibility index (Phi) is 5.46. The van der Waals surface area contributed by atoms with E-state index in [-0.39, 0.29) is 17.4 Å². The maximum Gasteiger partial charge on any atom is 0.269 e. The summed E-state index contributed by atoms with van der Waals surface area (Å²) in [5, 5.41) is 13.9. The summed E-state index contributed by atoms with van der Waals surface area (Å²) in [7, 11) is 0. The van der Waals surface area contributed by atoms with Crippen molar-refractivity contribution in [2.75, 3.05) is 5.32 Å². The second-order valence-electron chi connectivity index (χ2n) is 7.90. The predicted octanol–water partition coefficient (Wildman–Crippen LogP) is 4.12. The zero-order valence-electron chi connectivity index (χ0n) is 17.3. The first-order valence-corrected chi connectivity index (χ1v) is 10.1. The zero-order valence-corrected chi connectivity index (χ0v) is 17.3. The van der Waals surface area contributed by atoms with Gasteiger partial charge in [-0.3, -0.25) is 24.7 Å². The van der Waals surface area contributed by atoms with Gasteiger partial charge in [0.2, 0.25) is 5.91 Å². The smallest absolute Gasteiger partial charge is 0.269 e. The van der Waals surface area contributed by atoms with Crippen LogP contribution in [0.4, 0.5) is 11.5 Å². The summed E-state index contributed by atoms with van der Waals surface area (Å²) in [5.41, 5.74) is 3.48. The van der Waals surface area contributed by atoms with E-state index >= 15 is 0 Å². The van der Waals surface area contributed by atoms with Crippen LogP contribution < -0.4 is 5.32 Å². The van der Waals surface area contributed by atoms with E-state index in [4.69, 9.17) is 0 Å². The van der Waals surface area contributed by atoms with Gasteiger partial charge in [0.1, 0.15) is 5.82 Å². The Hall–Kier alpha value is -3.68. The van der Waals surface area contributed by atoms with Crippen molar-refractivity contribution in [3.05, 3.63) is 75.1 Å². The second-order valence-corrected chi connectivity index (χ2v) is 7.90. The van der Waals surface area contributed by atoms with Gasteiger partial charge >= 0.3 is 0 Å². The summed E-state index contributed by atoms with van der Waals surface area (Å²) in [6.45, 7) is 3.69. The number of non-ortho nitro benzene ring substituents is 1. The number of amides is 1. The van der Waals surface area contributed by atoms with Gasteiger partial charge in [-0.25, -0.2) is 4.98 Å². The molecule has 0 saturated heterocycles. The van der Waals surface area contributed by atoms with E-state index in [0.717, 1.165) is 17.7 Å². The molecule has 158 valence electrons. The van der Waals surface area contributed by atoms with Crippen molar-refractivity contribution in [3.8, 4) is 0 Å². The van der Waals surface area contributed by atoms with Gasteiger partial charge in [-0.15, -0.1) is 0 Å². The molecule has 0 bridgehead atoms. The lowest BCUT2D eigenvalue weighted by molar-refractivity contribution is -0.384. The number of hydrogen-bond acceptors (Lipinski definition) is 6. The second kappa shape index (κ2) is 8.22. The molecular weight excluding hydrogens is 396 g/mol. The SMILES string of the molecule is CC1=NC2=C(C(=O)CCC2)[C@H](c2ccc([N+](=O)[O-])cc2)C1C(=O)Nc1ccc(C)cn1. The number of aryl methyl sites for hydroxylation is 1. The average Bonchev–Trinajstić information content (AvgIpc) is 2.74. The van der Waals surface area contributed by atoms with Crippen LogP contribution in [0.2, 0.25) is 0 Å². The fourth-order valence-corrected chi connectivity index (χ4v) is 4.26. The molecule has 1 aliphatic heterocycles. The Morgan fingerprint density at radius 1 is 1.13 bits per heavy atom. The molecule has 4 rings (SSSR count). The van der Waals surface area contributed by atoms with Crippen LogP contribution in [-0.4, -0.2) is 27.3 Å². The molecule has 2 heterocycles. The number of carbonyl (C=O) groups excluding carboxylic acids is 2. The molecule has 0 radical (unpaired) electrons. The summed E-state index contributed by atoms with van der Waals surface area (Å²) in [6, 6.07) is 9.63. The Balaban J connectivity index is 1.76. The van der Waals surface area contributed by atoms with Crippen molar-refractivity contribution < 1.29 is 14.5 Å². The first kappa shape index (κ1) is 20.6. The standard InChI is InChI=1S/C23H22N4O4/c1-13-6-11-19(24-12-13)26-23(29)20-14(2)25-17-4-3-5-18(28)22(17)21(20)15-7-9-16(10-8-15)27(30)31/h6-12,20-21H,3-5H2,1-2H3,(H,24,26,29)/t20?,21-/m1/s1. The lowest BCUT2D eigenvalue weighted by Crippen LogP contribution is -2.39. The van der Waals surface area contributed by atoms with E-state index in [2.05, 4.69) is 15.3 Å². The molecule has 0 fully saturated rings. The number of nitro groups is 1. The highest BCUT2D eigenvalue weighted by molar-refractivity contribution is 6.13. The molecule has 1 amide bonds. The van der Waals surface area contributed by atoms with Gasteiger partial charge in [0, 0.05) is 47.7 Å². The first-order chi connectivity index (χ1) is 14.8. The van der Waals surface area contributed by atoms with Gasteiger partial charge in [0.15, 0.2) is 5.78 Å². The Morgan fingerprint density at radius 3 is 2.52 bits per heavy atom. The van der Waals surface area contributed by atoms with Crippen molar-refractivity contribution in [3.63, 3.8) is 0 Å². The van der Waals surface area contributed by atoms with E-state index in [9.17, 15) is 19.7 Å². The monoisotopic (exact) mass is 418 g/mol. The number of aromatic nitrogens is 1. The Bertz CT molecular complexity index is 1120. The normalized spacial score (nSPS) is 20.7. The van der Waals surface area contributed by atoms with E-state index in [1.807, 2.05) is 13.0 Å². The van der Waals surface area contributed by atoms with Crippen LogP contribution in [0.3, 0.4) is 0 Å². The summed E-state index contributed by atoms with van der Waals surface area (Å²) >= 11 is 0. The number of hydrogen-bond donors (Lipinski definition) is 1. The van der Waals surface area contributed by atoms with Crippen LogP contribution in [0.25, 0.3) is 0 Å². The minimum absolute atomic E-state index is 0.0212. The van der Waals surface area contributed by atoms with Gasteiger partial charge in [-0.05, 0) is 43.9 Å². The lowest BCUT2D eigenvalue weighted by atomic mass is 9.71. The Morgan fingerprint density at radius 2 is 1.87 bits per heavy atom. The van der Waals surface area contributed by atoms with Crippen LogP contribution in [0.1, 0.15) is 43.2 Å². The summed E-state index contributed by atoms with van der Waals surface area (Å²) in [6.07, 6.45) is 3.47. The molecule has 1 unspecified atom stereocenters. The zero-order chi connectivity index (χ0) is 22.1. The highest BCUT2D eigenvalue weighted by atomic mass is 16.6. The number of nitrogens with one attached hydrogen (secondary N) is 1. The maximum atomic E-state index is 13.3. The molecule has 0 saturated carbocycles. The molecule has 2 aromatic rings. The fourth-order valence-electron chi connectivity index (χ4n) is 4.26. The molecule has 1 N–H and O–H groups in total. The van der Waals surface area contributed by atoms with Crippen LogP contribution in [0.15, 0.2) is 58.9 Å². The third kappa shape index (κ3) is 4.01. The van der Waals surface area contributed by atoms with Gasteiger partial charge in [-0.2, -0.15) is 0 Å². The number of nitrogens with zero attached hydrogens (tertiary/aromatic N) is 3. The van der Waals surface area contributed by atoms with Gasteiger partial charge < -0.3 is 5.32 Å². The summed E-state index contributed by atoms with van der Waals surface area (Å²) in [5.74, 6) is -1.18.